The molecule has 3 N–H and O–H groups in total. The summed E-state index contributed by atoms with van der Waals surface area (Å²) in [5.41, 5.74) is -0.548. The minimum Gasteiger partial charge on any atom is -0.388 e. The average molecular weight is 318 g/mol. The number of nitrogens with one attached hydrogen (secondary N) is 2. The number of aliphatic hydroxyl groups is 1. The zero-order valence-corrected chi connectivity index (χ0v) is 13.7. The molecule has 2 heterocycles. The van der Waals surface area contributed by atoms with Crippen LogP contribution in [-0.4, -0.2) is 59.4 Å². The maximum Gasteiger partial charge on any atom is 0.225 e. The number of nitrogens with zero attached hydrogens (tertiary/aromatic N) is 4. The van der Waals surface area contributed by atoms with E-state index in [0.29, 0.717) is 12.6 Å². The zero-order chi connectivity index (χ0) is 16.1. The van der Waals surface area contributed by atoms with E-state index >= 15 is 0 Å². The van der Waals surface area contributed by atoms with Crippen molar-refractivity contribution < 1.29 is 5.11 Å². The number of rotatable bonds is 4. The lowest BCUT2D eigenvalue weighted by atomic mass is 9.80. The molecule has 23 heavy (non-hydrogen) atoms. The fraction of sp³-hybridized carbons (Fsp3) is 0.688. The van der Waals surface area contributed by atoms with Crippen molar-refractivity contribution in [3.63, 3.8) is 0 Å². The lowest BCUT2D eigenvalue weighted by molar-refractivity contribution is -0.0279. The highest BCUT2D eigenvalue weighted by Gasteiger charge is 2.34. The second-order valence-corrected chi connectivity index (χ2v) is 6.48. The highest BCUT2D eigenvalue weighted by Crippen LogP contribution is 2.30. The largest absolute Gasteiger partial charge is 0.388 e. The Hall–Kier alpha value is -1.89. The van der Waals surface area contributed by atoms with Gasteiger partial charge in [-0.2, -0.15) is 0 Å². The SMILES string of the molecule is CN=C(NCC1(O)CCC1)NC1CCCN(c2ncccn2)C1. The van der Waals surface area contributed by atoms with Crippen LogP contribution < -0.4 is 15.5 Å². The minimum absolute atomic E-state index is 0.301. The van der Waals surface area contributed by atoms with Crippen LogP contribution in [-0.2, 0) is 0 Å². The Bertz CT molecular complexity index is 531. The van der Waals surface area contributed by atoms with Crippen LogP contribution in [0.3, 0.4) is 0 Å². The van der Waals surface area contributed by atoms with E-state index in [-0.39, 0.29) is 0 Å². The molecule has 1 unspecified atom stereocenters. The lowest BCUT2D eigenvalue weighted by Gasteiger charge is -2.38. The fourth-order valence-electron chi connectivity index (χ4n) is 3.13. The van der Waals surface area contributed by atoms with E-state index in [0.717, 1.165) is 57.1 Å². The maximum atomic E-state index is 10.2. The van der Waals surface area contributed by atoms with Gasteiger partial charge in [0.15, 0.2) is 5.96 Å². The van der Waals surface area contributed by atoms with Gasteiger partial charge in [0.2, 0.25) is 5.95 Å². The van der Waals surface area contributed by atoms with E-state index in [1.807, 2.05) is 6.07 Å². The molecule has 2 fully saturated rings. The first-order valence-corrected chi connectivity index (χ1v) is 8.40. The van der Waals surface area contributed by atoms with Crippen LogP contribution in [0, 0.1) is 0 Å². The van der Waals surface area contributed by atoms with Crippen molar-refractivity contribution in [2.45, 2.75) is 43.7 Å². The summed E-state index contributed by atoms with van der Waals surface area (Å²) in [5.74, 6) is 1.54. The Morgan fingerprint density at radius 1 is 1.39 bits per heavy atom. The fourth-order valence-corrected chi connectivity index (χ4v) is 3.13. The quantitative estimate of drug-likeness (QED) is 0.554. The summed E-state index contributed by atoms with van der Waals surface area (Å²) < 4.78 is 0. The molecule has 0 bridgehead atoms. The average Bonchev–Trinajstić information content (AvgIpc) is 2.58. The summed E-state index contributed by atoms with van der Waals surface area (Å²) >= 11 is 0. The maximum absolute atomic E-state index is 10.2. The van der Waals surface area contributed by atoms with Crippen LogP contribution in [0.5, 0.6) is 0 Å². The van der Waals surface area contributed by atoms with Crippen LogP contribution in [0.4, 0.5) is 5.95 Å². The summed E-state index contributed by atoms with van der Waals surface area (Å²) in [6.45, 7) is 2.40. The molecule has 1 atom stereocenters. The summed E-state index contributed by atoms with van der Waals surface area (Å²) in [4.78, 5) is 15.1. The minimum atomic E-state index is -0.548. The molecule has 7 heteroatoms. The van der Waals surface area contributed by atoms with E-state index < -0.39 is 5.60 Å². The Morgan fingerprint density at radius 2 is 2.17 bits per heavy atom. The Labute approximate surface area is 137 Å². The molecule has 1 aliphatic carbocycles. The van der Waals surface area contributed by atoms with Gasteiger partial charge in [0.1, 0.15) is 0 Å². The van der Waals surface area contributed by atoms with Crippen LogP contribution in [0.2, 0.25) is 0 Å². The van der Waals surface area contributed by atoms with Crippen molar-refractivity contribution in [3.8, 4) is 0 Å². The van der Waals surface area contributed by atoms with E-state index in [2.05, 4.69) is 30.5 Å². The van der Waals surface area contributed by atoms with Gasteiger partial charge in [-0.05, 0) is 38.2 Å². The van der Waals surface area contributed by atoms with Crippen molar-refractivity contribution in [1.29, 1.82) is 0 Å². The second-order valence-electron chi connectivity index (χ2n) is 6.48. The highest BCUT2D eigenvalue weighted by atomic mass is 16.3. The van der Waals surface area contributed by atoms with Crippen LogP contribution in [0.25, 0.3) is 0 Å². The predicted octanol–water partition coefficient (Wildman–Crippen LogP) is 0.525. The van der Waals surface area contributed by atoms with Crippen molar-refractivity contribution in [2.24, 2.45) is 4.99 Å². The normalized spacial score (nSPS) is 24.0. The number of anilines is 1. The first-order chi connectivity index (χ1) is 11.2. The summed E-state index contributed by atoms with van der Waals surface area (Å²) in [6.07, 6.45) is 8.60. The molecule has 0 spiro atoms. The predicted molar refractivity (Wildman–Crippen MR) is 90.6 cm³/mol. The van der Waals surface area contributed by atoms with Crippen LogP contribution in [0.15, 0.2) is 23.5 Å². The second kappa shape index (κ2) is 7.12. The van der Waals surface area contributed by atoms with Gasteiger partial charge in [-0.1, -0.05) is 0 Å². The smallest absolute Gasteiger partial charge is 0.225 e. The topological polar surface area (TPSA) is 85.7 Å². The van der Waals surface area contributed by atoms with Crippen LogP contribution >= 0.6 is 0 Å². The first kappa shape index (κ1) is 16.0. The molecule has 0 amide bonds. The molecule has 3 rings (SSSR count). The molecule has 1 aromatic heterocycles. The number of piperidine rings is 1. The van der Waals surface area contributed by atoms with Gasteiger partial charge in [0, 0.05) is 45.1 Å². The Balaban J connectivity index is 1.51. The van der Waals surface area contributed by atoms with E-state index in [9.17, 15) is 5.11 Å². The molecule has 126 valence electrons. The third-order valence-electron chi connectivity index (χ3n) is 4.69. The summed E-state index contributed by atoms with van der Waals surface area (Å²) in [6, 6.07) is 2.13. The molecule has 0 radical (unpaired) electrons. The number of aromatic nitrogens is 2. The standard InChI is InChI=1S/C16H26N6O/c1-17-14(20-12-16(23)6-3-7-16)21-13-5-2-10-22(11-13)15-18-8-4-9-19-15/h4,8-9,13,23H,2-3,5-7,10-12H2,1H3,(H2,17,20,21). The monoisotopic (exact) mass is 318 g/mol. The Kier molecular flexibility index (Phi) is 4.95. The number of hydrogen-bond donors (Lipinski definition) is 3. The molecular formula is C16H26N6O. The number of guanidine groups is 1. The summed E-state index contributed by atoms with van der Waals surface area (Å²) in [7, 11) is 1.76. The van der Waals surface area contributed by atoms with Crippen molar-refractivity contribution >= 4 is 11.9 Å². The van der Waals surface area contributed by atoms with Crippen molar-refractivity contribution in [2.75, 3.05) is 31.6 Å². The molecule has 1 aromatic rings. The molecular weight excluding hydrogens is 292 g/mol. The first-order valence-electron chi connectivity index (χ1n) is 8.40. The summed E-state index contributed by atoms with van der Waals surface area (Å²) in [5, 5.41) is 16.9. The van der Waals surface area contributed by atoms with Gasteiger partial charge < -0.3 is 20.6 Å². The van der Waals surface area contributed by atoms with Gasteiger partial charge in [0.25, 0.3) is 0 Å². The van der Waals surface area contributed by atoms with Gasteiger partial charge in [-0.15, -0.1) is 0 Å². The van der Waals surface area contributed by atoms with Gasteiger partial charge in [-0.3, -0.25) is 4.99 Å². The third kappa shape index (κ3) is 4.10. The van der Waals surface area contributed by atoms with E-state index in [4.69, 9.17) is 0 Å². The molecule has 1 saturated carbocycles. The van der Waals surface area contributed by atoms with Crippen LogP contribution in [0.1, 0.15) is 32.1 Å². The molecule has 2 aliphatic rings. The van der Waals surface area contributed by atoms with Gasteiger partial charge in [-0.25, -0.2) is 9.97 Å². The molecule has 0 aromatic carbocycles. The van der Waals surface area contributed by atoms with Crippen molar-refractivity contribution in [3.05, 3.63) is 18.5 Å². The number of hydrogen-bond acceptors (Lipinski definition) is 5. The van der Waals surface area contributed by atoms with E-state index in [1.54, 1.807) is 19.4 Å². The molecule has 1 aliphatic heterocycles. The highest BCUT2D eigenvalue weighted by molar-refractivity contribution is 5.80. The third-order valence-corrected chi connectivity index (χ3v) is 4.69. The van der Waals surface area contributed by atoms with Gasteiger partial charge in [0.05, 0.1) is 5.60 Å². The lowest BCUT2D eigenvalue weighted by Crippen LogP contribution is -2.55. The zero-order valence-electron chi connectivity index (χ0n) is 13.7. The molecule has 7 nitrogen and oxygen atoms in total. The van der Waals surface area contributed by atoms with E-state index in [1.165, 1.54) is 0 Å². The van der Waals surface area contributed by atoms with Gasteiger partial charge >= 0.3 is 0 Å². The number of aliphatic imine (C=N–C) groups is 1. The Morgan fingerprint density at radius 3 is 2.83 bits per heavy atom. The molecule has 1 saturated heterocycles. The van der Waals surface area contributed by atoms with Crippen molar-refractivity contribution in [1.82, 2.24) is 20.6 Å².